The molecule has 0 bridgehead atoms. The second-order valence-corrected chi connectivity index (χ2v) is 7.24. The van der Waals surface area contributed by atoms with Gasteiger partial charge in [0.25, 0.3) is 0 Å². The van der Waals surface area contributed by atoms with Gasteiger partial charge in [-0.1, -0.05) is 18.2 Å². The van der Waals surface area contributed by atoms with Crippen molar-refractivity contribution >= 4 is 17.2 Å². The SMILES string of the molecule is Cc1csc([C@H]2CCCN(C(=O)[C@@H]3COc4ccccc43)C2)n1. The molecule has 4 rings (SSSR count). The average Bonchev–Trinajstić information content (AvgIpc) is 3.20. The third-order valence-corrected chi connectivity index (χ3v) is 5.84. The summed E-state index contributed by atoms with van der Waals surface area (Å²) in [4.78, 5) is 19.6. The van der Waals surface area contributed by atoms with Gasteiger partial charge >= 0.3 is 0 Å². The van der Waals surface area contributed by atoms with Crippen LogP contribution in [0.15, 0.2) is 29.6 Å². The second-order valence-electron chi connectivity index (χ2n) is 6.35. The van der Waals surface area contributed by atoms with Crippen molar-refractivity contribution in [3.8, 4) is 5.75 Å². The molecular weight excluding hydrogens is 308 g/mol. The van der Waals surface area contributed by atoms with Gasteiger partial charge < -0.3 is 9.64 Å². The highest BCUT2D eigenvalue weighted by molar-refractivity contribution is 7.09. The maximum Gasteiger partial charge on any atom is 0.233 e. The molecule has 5 heteroatoms. The van der Waals surface area contributed by atoms with Crippen LogP contribution in [-0.2, 0) is 4.79 Å². The van der Waals surface area contributed by atoms with E-state index in [9.17, 15) is 4.79 Å². The number of fused-ring (bicyclic) bond motifs is 1. The van der Waals surface area contributed by atoms with Crippen LogP contribution >= 0.6 is 11.3 Å². The topological polar surface area (TPSA) is 42.4 Å². The summed E-state index contributed by atoms with van der Waals surface area (Å²) in [5, 5.41) is 3.26. The van der Waals surface area contributed by atoms with Gasteiger partial charge in [-0.25, -0.2) is 4.98 Å². The van der Waals surface area contributed by atoms with Crippen molar-refractivity contribution in [1.29, 1.82) is 0 Å². The Morgan fingerprint density at radius 2 is 2.26 bits per heavy atom. The quantitative estimate of drug-likeness (QED) is 0.849. The number of carbonyl (C=O) groups excluding carboxylic acids is 1. The summed E-state index contributed by atoms with van der Waals surface area (Å²) in [5.74, 6) is 1.29. The van der Waals surface area contributed by atoms with E-state index in [4.69, 9.17) is 4.74 Å². The van der Waals surface area contributed by atoms with Crippen LogP contribution in [0.4, 0.5) is 0 Å². The minimum Gasteiger partial charge on any atom is -0.492 e. The van der Waals surface area contributed by atoms with E-state index in [2.05, 4.69) is 10.4 Å². The molecule has 1 fully saturated rings. The van der Waals surface area contributed by atoms with Crippen molar-refractivity contribution in [2.75, 3.05) is 19.7 Å². The summed E-state index contributed by atoms with van der Waals surface area (Å²) >= 11 is 1.72. The first kappa shape index (κ1) is 14.7. The van der Waals surface area contributed by atoms with Gasteiger partial charge in [0.2, 0.25) is 5.91 Å². The minimum absolute atomic E-state index is 0.150. The normalized spacial score (nSPS) is 23.4. The van der Waals surface area contributed by atoms with Crippen LogP contribution in [0.3, 0.4) is 0 Å². The zero-order valence-electron chi connectivity index (χ0n) is 13.2. The Balaban J connectivity index is 1.51. The van der Waals surface area contributed by atoms with Crippen molar-refractivity contribution in [2.45, 2.75) is 31.6 Å². The van der Waals surface area contributed by atoms with E-state index in [1.807, 2.05) is 36.1 Å². The van der Waals surface area contributed by atoms with Crippen molar-refractivity contribution in [2.24, 2.45) is 0 Å². The molecule has 4 nitrogen and oxygen atoms in total. The van der Waals surface area contributed by atoms with E-state index >= 15 is 0 Å². The fraction of sp³-hybridized carbons (Fsp3) is 0.444. The van der Waals surface area contributed by atoms with Gasteiger partial charge in [-0.15, -0.1) is 11.3 Å². The molecule has 2 aliphatic rings. The van der Waals surface area contributed by atoms with Crippen LogP contribution in [0.2, 0.25) is 0 Å². The number of hydrogen-bond donors (Lipinski definition) is 0. The fourth-order valence-electron chi connectivity index (χ4n) is 3.53. The predicted molar refractivity (Wildman–Crippen MR) is 90.1 cm³/mol. The Hall–Kier alpha value is -1.88. The molecule has 1 aromatic heterocycles. The highest BCUT2D eigenvalue weighted by atomic mass is 32.1. The molecule has 23 heavy (non-hydrogen) atoms. The van der Waals surface area contributed by atoms with Gasteiger partial charge in [-0.3, -0.25) is 4.79 Å². The molecule has 2 atom stereocenters. The van der Waals surface area contributed by atoms with Crippen LogP contribution in [-0.4, -0.2) is 35.5 Å². The largest absolute Gasteiger partial charge is 0.492 e. The van der Waals surface area contributed by atoms with Crippen molar-refractivity contribution in [1.82, 2.24) is 9.88 Å². The predicted octanol–water partition coefficient (Wildman–Crippen LogP) is 3.33. The van der Waals surface area contributed by atoms with Crippen molar-refractivity contribution in [3.05, 3.63) is 45.9 Å². The summed E-state index contributed by atoms with van der Waals surface area (Å²) in [6.45, 7) is 4.12. The lowest BCUT2D eigenvalue weighted by molar-refractivity contribution is -0.134. The van der Waals surface area contributed by atoms with E-state index < -0.39 is 0 Å². The third-order valence-electron chi connectivity index (χ3n) is 4.72. The number of amides is 1. The number of thiazole rings is 1. The molecule has 0 aliphatic carbocycles. The van der Waals surface area contributed by atoms with Gasteiger partial charge in [0.1, 0.15) is 18.3 Å². The number of aromatic nitrogens is 1. The van der Waals surface area contributed by atoms with Gasteiger partial charge in [-0.05, 0) is 25.8 Å². The standard InChI is InChI=1S/C18H20N2O2S/c1-12-11-23-17(19-12)13-5-4-8-20(9-13)18(21)15-10-22-16-7-3-2-6-14(15)16/h2-3,6-7,11,13,15H,4-5,8-10H2,1H3/t13-,15+/m0/s1. The van der Waals surface area contributed by atoms with Crippen LogP contribution < -0.4 is 4.74 Å². The van der Waals surface area contributed by atoms with Gasteiger partial charge in [-0.2, -0.15) is 0 Å². The number of benzene rings is 1. The molecule has 0 radical (unpaired) electrons. The van der Waals surface area contributed by atoms with Gasteiger partial charge in [0, 0.05) is 35.6 Å². The van der Waals surface area contributed by atoms with Gasteiger partial charge in [0.15, 0.2) is 0 Å². The molecule has 2 aromatic rings. The molecule has 1 amide bonds. The number of rotatable bonds is 2. The highest BCUT2D eigenvalue weighted by Crippen LogP contribution is 2.36. The third kappa shape index (κ3) is 2.74. The Morgan fingerprint density at radius 1 is 1.39 bits per heavy atom. The molecular formula is C18H20N2O2S. The minimum atomic E-state index is -0.150. The van der Waals surface area contributed by atoms with E-state index in [1.165, 1.54) is 5.01 Å². The summed E-state index contributed by atoms with van der Waals surface area (Å²) < 4.78 is 5.68. The number of hydrogen-bond acceptors (Lipinski definition) is 4. The Morgan fingerprint density at radius 3 is 3.09 bits per heavy atom. The Bertz CT molecular complexity index is 727. The summed E-state index contributed by atoms with van der Waals surface area (Å²) in [6.07, 6.45) is 2.17. The number of piperidine rings is 1. The number of nitrogens with zero attached hydrogens (tertiary/aromatic N) is 2. The number of carbonyl (C=O) groups is 1. The van der Waals surface area contributed by atoms with Crippen molar-refractivity contribution in [3.63, 3.8) is 0 Å². The first-order valence-corrected chi connectivity index (χ1v) is 9.03. The molecule has 3 heterocycles. The maximum absolute atomic E-state index is 13.0. The molecule has 0 N–H and O–H groups in total. The molecule has 2 aliphatic heterocycles. The molecule has 120 valence electrons. The fourth-order valence-corrected chi connectivity index (χ4v) is 4.45. The zero-order chi connectivity index (χ0) is 15.8. The van der Waals surface area contributed by atoms with E-state index in [0.717, 1.165) is 42.9 Å². The number of ether oxygens (including phenoxy) is 1. The summed E-state index contributed by atoms with van der Waals surface area (Å²) in [7, 11) is 0. The first-order chi connectivity index (χ1) is 11.2. The number of likely N-dealkylation sites (tertiary alicyclic amines) is 1. The van der Waals surface area contributed by atoms with Crippen LogP contribution in [0.25, 0.3) is 0 Å². The molecule has 0 unspecified atom stereocenters. The summed E-state index contributed by atoms with van der Waals surface area (Å²) in [6, 6.07) is 7.88. The lowest BCUT2D eigenvalue weighted by Crippen LogP contribution is -2.42. The maximum atomic E-state index is 13.0. The van der Waals surface area contributed by atoms with Crippen LogP contribution in [0.1, 0.15) is 40.9 Å². The first-order valence-electron chi connectivity index (χ1n) is 8.15. The van der Waals surface area contributed by atoms with E-state index in [1.54, 1.807) is 11.3 Å². The smallest absolute Gasteiger partial charge is 0.233 e. The monoisotopic (exact) mass is 328 g/mol. The molecule has 1 aromatic carbocycles. The number of aryl methyl sites for hydroxylation is 1. The lowest BCUT2D eigenvalue weighted by Gasteiger charge is -2.33. The Kier molecular flexibility index (Phi) is 3.81. The second kappa shape index (κ2) is 5.96. The number of para-hydroxylation sites is 1. The average molecular weight is 328 g/mol. The van der Waals surface area contributed by atoms with Crippen LogP contribution in [0.5, 0.6) is 5.75 Å². The van der Waals surface area contributed by atoms with E-state index in [0.29, 0.717) is 12.5 Å². The Labute approximate surface area is 140 Å². The zero-order valence-corrected chi connectivity index (χ0v) is 14.0. The summed E-state index contributed by atoms with van der Waals surface area (Å²) in [5.41, 5.74) is 2.11. The molecule has 0 saturated carbocycles. The van der Waals surface area contributed by atoms with Gasteiger partial charge in [0.05, 0.1) is 5.01 Å². The van der Waals surface area contributed by atoms with E-state index in [-0.39, 0.29) is 11.8 Å². The molecule has 0 spiro atoms. The van der Waals surface area contributed by atoms with Crippen LogP contribution in [0, 0.1) is 6.92 Å². The molecule has 1 saturated heterocycles. The highest BCUT2D eigenvalue weighted by Gasteiger charge is 2.35. The van der Waals surface area contributed by atoms with Crippen molar-refractivity contribution < 1.29 is 9.53 Å². The lowest BCUT2D eigenvalue weighted by atomic mass is 9.95.